The van der Waals surface area contributed by atoms with Gasteiger partial charge in [0.2, 0.25) is 0 Å². The van der Waals surface area contributed by atoms with Crippen LogP contribution in [0.5, 0.6) is 10.9 Å². The molecule has 2 rings (SSSR count). The largest absolute Gasteiger partial charge is 0.431 e. The van der Waals surface area contributed by atoms with Gasteiger partial charge in [-0.1, -0.05) is 35.1 Å². The molecule has 4 nitrogen and oxygen atoms in total. The Bertz CT molecular complexity index is 602. The third-order valence-corrected chi connectivity index (χ3v) is 3.37. The van der Waals surface area contributed by atoms with Crippen LogP contribution in [-0.4, -0.2) is 11.3 Å². The number of ether oxygens (including phenoxy) is 1. The predicted molar refractivity (Wildman–Crippen MR) is 68.3 cm³/mol. The molecular weight excluding hydrogens is 272 g/mol. The van der Waals surface area contributed by atoms with Crippen molar-refractivity contribution < 1.29 is 9.53 Å². The van der Waals surface area contributed by atoms with Crippen LogP contribution in [0.4, 0.5) is 0 Å². The summed E-state index contributed by atoms with van der Waals surface area (Å²) in [7, 11) is 0. The molecule has 0 aliphatic rings. The number of nitriles is 1. The summed E-state index contributed by atoms with van der Waals surface area (Å²) in [6.45, 7) is 0. The van der Waals surface area contributed by atoms with Gasteiger partial charge in [0, 0.05) is 0 Å². The van der Waals surface area contributed by atoms with Gasteiger partial charge in [0.05, 0.1) is 12.5 Å². The lowest BCUT2D eigenvalue weighted by Crippen LogP contribution is -1.85. The Labute approximate surface area is 112 Å². The summed E-state index contributed by atoms with van der Waals surface area (Å²) in [4.78, 5) is 14.9. The molecule has 0 saturated carbocycles. The highest BCUT2D eigenvalue weighted by atomic mass is 35.5. The zero-order valence-electron chi connectivity index (χ0n) is 9.09. The Morgan fingerprint density at radius 3 is 2.72 bits per heavy atom. The summed E-state index contributed by atoms with van der Waals surface area (Å²) in [6.07, 6.45) is 1.00. The predicted octanol–water partition coefficient (Wildman–Crippen LogP) is 3.47. The smallest absolute Gasteiger partial charge is 0.280 e. The van der Waals surface area contributed by atoms with Crippen molar-refractivity contribution >= 4 is 29.2 Å². The lowest BCUT2D eigenvalue weighted by Gasteiger charge is -2.01. The molecule has 0 aliphatic carbocycles. The number of hydrogen-bond acceptors (Lipinski definition) is 5. The second-order valence-electron chi connectivity index (χ2n) is 3.33. The fourth-order valence-electron chi connectivity index (χ4n) is 1.28. The van der Waals surface area contributed by atoms with Crippen molar-refractivity contribution in [3.63, 3.8) is 0 Å². The normalized spacial score (nSPS) is 9.78. The zero-order valence-corrected chi connectivity index (χ0v) is 10.7. The maximum atomic E-state index is 10.6. The summed E-state index contributed by atoms with van der Waals surface area (Å²) in [5, 5.41) is 9.01. The summed E-state index contributed by atoms with van der Waals surface area (Å²) < 4.78 is 5.46. The maximum Gasteiger partial charge on any atom is 0.280 e. The Morgan fingerprint density at radius 2 is 2.17 bits per heavy atom. The van der Waals surface area contributed by atoms with Crippen LogP contribution in [0.25, 0.3) is 0 Å². The molecule has 0 amide bonds. The Hall–Kier alpha value is -1.90. The van der Waals surface area contributed by atoms with Crippen molar-refractivity contribution in [3.05, 3.63) is 39.9 Å². The van der Waals surface area contributed by atoms with Gasteiger partial charge in [0.25, 0.3) is 5.19 Å². The number of carbonyl (C=O) groups excluding carboxylic acids is 1. The van der Waals surface area contributed by atoms with E-state index >= 15 is 0 Å². The summed E-state index contributed by atoms with van der Waals surface area (Å²) in [6, 6.07) is 9.14. The molecule has 1 heterocycles. The molecule has 0 bridgehead atoms. The number of carbonyl (C=O) groups is 1. The number of benzene rings is 1. The molecule has 1 aromatic heterocycles. The van der Waals surface area contributed by atoms with E-state index in [-0.39, 0.29) is 5.15 Å². The van der Waals surface area contributed by atoms with E-state index in [9.17, 15) is 4.79 Å². The Balaban J connectivity index is 2.13. The van der Waals surface area contributed by atoms with Crippen molar-refractivity contribution in [2.24, 2.45) is 0 Å². The molecular formula is C12H7ClN2O2S. The van der Waals surface area contributed by atoms with Crippen molar-refractivity contribution in [2.75, 3.05) is 0 Å². The standard InChI is InChI=1S/C12H7ClN2O2S/c13-11-10(7-16)18-12(15-11)17-9-3-1-8(2-4-9)5-6-14/h1-4,7H,5H2. The van der Waals surface area contributed by atoms with E-state index in [2.05, 4.69) is 11.1 Å². The topological polar surface area (TPSA) is 63.0 Å². The summed E-state index contributed by atoms with van der Waals surface area (Å²) in [5.74, 6) is 0.583. The van der Waals surface area contributed by atoms with E-state index in [1.807, 2.05) is 0 Å². The fourth-order valence-corrected chi connectivity index (χ4v) is 2.21. The number of rotatable bonds is 4. The zero-order chi connectivity index (χ0) is 13.0. The van der Waals surface area contributed by atoms with Crippen LogP contribution in [0.3, 0.4) is 0 Å². The molecule has 90 valence electrons. The number of hydrogen-bond donors (Lipinski definition) is 0. The van der Waals surface area contributed by atoms with Gasteiger partial charge in [0.15, 0.2) is 11.4 Å². The molecule has 18 heavy (non-hydrogen) atoms. The van der Waals surface area contributed by atoms with Crippen molar-refractivity contribution in [1.82, 2.24) is 4.98 Å². The molecule has 0 radical (unpaired) electrons. The first-order chi connectivity index (χ1) is 8.72. The minimum absolute atomic E-state index is 0.145. The van der Waals surface area contributed by atoms with Crippen LogP contribution >= 0.6 is 22.9 Å². The SMILES string of the molecule is N#CCc1ccc(Oc2nc(Cl)c(C=O)s2)cc1. The van der Waals surface area contributed by atoms with E-state index < -0.39 is 0 Å². The van der Waals surface area contributed by atoms with Gasteiger partial charge in [0.1, 0.15) is 10.6 Å². The molecule has 1 aromatic carbocycles. The summed E-state index contributed by atoms with van der Waals surface area (Å²) in [5.41, 5.74) is 0.913. The minimum atomic E-state index is 0.145. The quantitative estimate of drug-likeness (QED) is 0.803. The second-order valence-corrected chi connectivity index (χ2v) is 4.68. The second kappa shape index (κ2) is 5.63. The van der Waals surface area contributed by atoms with Crippen molar-refractivity contribution in [3.8, 4) is 17.0 Å². The van der Waals surface area contributed by atoms with Crippen LogP contribution in [0.2, 0.25) is 5.15 Å². The fraction of sp³-hybridized carbons (Fsp3) is 0.0833. The van der Waals surface area contributed by atoms with E-state index in [1.165, 1.54) is 0 Å². The molecule has 2 aromatic rings. The molecule has 0 saturated heterocycles. The van der Waals surface area contributed by atoms with Crippen molar-refractivity contribution in [1.29, 1.82) is 5.26 Å². The van der Waals surface area contributed by atoms with Crippen LogP contribution in [0, 0.1) is 11.3 Å². The average Bonchev–Trinajstić information content (AvgIpc) is 2.72. The van der Waals surface area contributed by atoms with E-state index in [1.54, 1.807) is 24.3 Å². The maximum absolute atomic E-state index is 10.6. The molecule has 0 unspecified atom stereocenters. The van der Waals surface area contributed by atoms with Gasteiger partial charge in [-0.2, -0.15) is 10.2 Å². The molecule has 0 aliphatic heterocycles. The number of aldehydes is 1. The third kappa shape index (κ3) is 2.86. The first-order valence-electron chi connectivity index (χ1n) is 4.98. The van der Waals surface area contributed by atoms with Gasteiger partial charge in [-0.05, 0) is 17.7 Å². The van der Waals surface area contributed by atoms with Gasteiger partial charge < -0.3 is 4.74 Å². The monoisotopic (exact) mass is 278 g/mol. The highest BCUT2D eigenvalue weighted by Crippen LogP contribution is 2.30. The van der Waals surface area contributed by atoms with E-state index in [0.29, 0.717) is 28.5 Å². The minimum Gasteiger partial charge on any atom is -0.431 e. The highest BCUT2D eigenvalue weighted by molar-refractivity contribution is 7.15. The van der Waals surface area contributed by atoms with Gasteiger partial charge in [-0.25, -0.2) is 0 Å². The highest BCUT2D eigenvalue weighted by Gasteiger charge is 2.10. The van der Waals surface area contributed by atoms with Gasteiger partial charge in [-0.3, -0.25) is 4.79 Å². The lowest BCUT2D eigenvalue weighted by molar-refractivity contribution is 0.112. The Kier molecular flexibility index (Phi) is 3.92. The van der Waals surface area contributed by atoms with Gasteiger partial charge in [-0.15, -0.1) is 0 Å². The van der Waals surface area contributed by atoms with E-state index in [4.69, 9.17) is 21.6 Å². The van der Waals surface area contributed by atoms with Crippen LogP contribution in [0.15, 0.2) is 24.3 Å². The molecule has 0 spiro atoms. The van der Waals surface area contributed by atoms with Crippen LogP contribution < -0.4 is 4.74 Å². The van der Waals surface area contributed by atoms with Crippen molar-refractivity contribution in [2.45, 2.75) is 6.42 Å². The lowest BCUT2D eigenvalue weighted by atomic mass is 10.2. The van der Waals surface area contributed by atoms with Gasteiger partial charge >= 0.3 is 0 Å². The number of aromatic nitrogens is 1. The molecule has 0 N–H and O–H groups in total. The first kappa shape index (κ1) is 12.6. The molecule has 0 fully saturated rings. The number of thiazole rings is 1. The Morgan fingerprint density at radius 1 is 1.44 bits per heavy atom. The first-order valence-corrected chi connectivity index (χ1v) is 6.17. The summed E-state index contributed by atoms with van der Waals surface area (Å²) >= 11 is 6.81. The number of halogens is 1. The molecule has 0 atom stereocenters. The third-order valence-electron chi connectivity index (χ3n) is 2.11. The average molecular weight is 279 g/mol. The molecule has 6 heteroatoms. The number of nitrogens with zero attached hydrogens (tertiary/aromatic N) is 2. The van der Waals surface area contributed by atoms with E-state index in [0.717, 1.165) is 16.9 Å². The van der Waals surface area contributed by atoms with Crippen LogP contribution in [0.1, 0.15) is 15.2 Å². The van der Waals surface area contributed by atoms with Crippen LogP contribution in [-0.2, 0) is 6.42 Å².